The van der Waals surface area contributed by atoms with Crippen LogP contribution < -0.4 is 20.3 Å². The van der Waals surface area contributed by atoms with E-state index in [0.29, 0.717) is 18.0 Å². The quantitative estimate of drug-likeness (QED) is 0.594. The Kier molecular flexibility index (Phi) is 8.09. The first-order valence-electron chi connectivity index (χ1n) is 9.34. The van der Waals surface area contributed by atoms with Gasteiger partial charge in [0.2, 0.25) is 0 Å². The predicted octanol–water partition coefficient (Wildman–Crippen LogP) is 1.69. The molecule has 2 atom stereocenters. The Morgan fingerprint density at radius 2 is 1.72 bits per heavy atom. The molecule has 2 amide bonds. The highest BCUT2D eigenvalue weighted by Gasteiger charge is 2.20. The minimum Gasteiger partial charge on any atom is -0.497 e. The molecule has 0 radical (unpaired) electrons. The summed E-state index contributed by atoms with van der Waals surface area (Å²) >= 11 is 0. The molecule has 29 heavy (non-hydrogen) atoms. The molecule has 156 valence electrons. The molecule has 6 nitrogen and oxygen atoms in total. The standard InChI is InChI=1S/C21H25F2N3O3/c1-4-26(13-21(28)25-16-6-8-17(29-3)9-7-16)12-20(27)24-14(2)18-10-5-15(22)11-19(18)23/h5-11,14H,4,12-13H2,1-3H3,(H,24,27)(H,25,28)/p+1/t14-/m1/s1. The SMILES string of the molecule is CC[NH+](CC(=O)Nc1ccc(OC)cc1)CC(=O)N[C@H](C)c1ccc(F)cc1F. The molecule has 2 aromatic carbocycles. The van der Waals surface area contributed by atoms with Gasteiger partial charge >= 0.3 is 0 Å². The van der Waals surface area contributed by atoms with Crippen LogP contribution in [0.25, 0.3) is 0 Å². The second-order valence-electron chi connectivity index (χ2n) is 6.69. The molecule has 0 aromatic heterocycles. The summed E-state index contributed by atoms with van der Waals surface area (Å²) in [6.07, 6.45) is 0. The summed E-state index contributed by atoms with van der Waals surface area (Å²) in [5.41, 5.74) is 0.839. The first-order chi connectivity index (χ1) is 13.8. The van der Waals surface area contributed by atoms with Crippen molar-refractivity contribution in [3.05, 3.63) is 59.7 Å². The topological polar surface area (TPSA) is 71.9 Å². The number of carbonyl (C=O) groups is 2. The van der Waals surface area contributed by atoms with Gasteiger partial charge < -0.3 is 20.3 Å². The van der Waals surface area contributed by atoms with Crippen molar-refractivity contribution in [1.29, 1.82) is 0 Å². The van der Waals surface area contributed by atoms with Gasteiger partial charge in [-0.25, -0.2) is 8.78 Å². The number of ether oxygens (including phenoxy) is 1. The molecule has 0 spiro atoms. The van der Waals surface area contributed by atoms with Crippen LogP contribution in [0, 0.1) is 11.6 Å². The van der Waals surface area contributed by atoms with E-state index in [4.69, 9.17) is 4.74 Å². The van der Waals surface area contributed by atoms with Gasteiger partial charge in [-0.3, -0.25) is 9.59 Å². The Labute approximate surface area is 168 Å². The lowest BCUT2D eigenvalue weighted by Gasteiger charge is -2.19. The van der Waals surface area contributed by atoms with Crippen LogP contribution in [0.1, 0.15) is 25.5 Å². The van der Waals surface area contributed by atoms with Crippen molar-refractivity contribution in [2.45, 2.75) is 19.9 Å². The number of benzene rings is 2. The average Bonchev–Trinajstić information content (AvgIpc) is 2.67. The Bertz CT molecular complexity index is 844. The van der Waals surface area contributed by atoms with Crippen molar-refractivity contribution in [1.82, 2.24) is 5.32 Å². The summed E-state index contributed by atoms with van der Waals surface area (Å²) in [6, 6.07) is 9.56. The van der Waals surface area contributed by atoms with Gasteiger partial charge in [-0.1, -0.05) is 6.07 Å². The lowest BCUT2D eigenvalue weighted by molar-refractivity contribution is -0.881. The molecule has 0 saturated heterocycles. The third-order valence-electron chi connectivity index (χ3n) is 4.50. The van der Waals surface area contributed by atoms with Crippen LogP contribution in [-0.4, -0.2) is 38.6 Å². The predicted molar refractivity (Wildman–Crippen MR) is 106 cm³/mol. The molecule has 2 rings (SSSR count). The maximum atomic E-state index is 13.8. The fourth-order valence-corrected chi connectivity index (χ4v) is 2.87. The van der Waals surface area contributed by atoms with Gasteiger partial charge in [-0.2, -0.15) is 0 Å². The van der Waals surface area contributed by atoms with Crippen molar-refractivity contribution < 1.29 is 28.0 Å². The summed E-state index contributed by atoms with van der Waals surface area (Å²) in [4.78, 5) is 25.3. The van der Waals surface area contributed by atoms with Crippen molar-refractivity contribution >= 4 is 17.5 Å². The van der Waals surface area contributed by atoms with Gasteiger partial charge in [0, 0.05) is 17.3 Å². The van der Waals surface area contributed by atoms with Crippen LogP contribution in [0.15, 0.2) is 42.5 Å². The van der Waals surface area contributed by atoms with Crippen LogP contribution in [-0.2, 0) is 9.59 Å². The van der Waals surface area contributed by atoms with E-state index in [1.807, 2.05) is 6.92 Å². The van der Waals surface area contributed by atoms with E-state index < -0.39 is 17.7 Å². The third-order valence-corrected chi connectivity index (χ3v) is 4.50. The van der Waals surface area contributed by atoms with E-state index in [9.17, 15) is 18.4 Å². The van der Waals surface area contributed by atoms with Crippen LogP contribution >= 0.6 is 0 Å². The molecule has 1 unspecified atom stereocenters. The highest BCUT2D eigenvalue weighted by Crippen LogP contribution is 2.17. The second-order valence-corrected chi connectivity index (χ2v) is 6.69. The second kappa shape index (κ2) is 10.5. The first kappa shape index (κ1) is 22.3. The van der Waals surface area contributed by atoms with Crippen molar-refractivity contribution in [2.24, 2.45) is 0 Å². The number of amides is 2. The molecule has 0 aliphatic carbocycles. The zero-order valence-corrected chi connectivity index (χ0v) is 16.7. The van der Waals surface area contributed by atoms with Crippen molar-refractivity contribution in [3.8, 4) is 5.75 Å². The monoisotopic (exact) mass is 406 g/mol. The fourth-order valence-electron chi connectivity index (χ4n) is 2.87. The Morgan fingerprint density at radius 3 is 2.31 bits per heavy atom. The lowest BCUT2D eigenvalue weighted by Crippen LogP contribution is -3.14. The fraction of sp³-hybridized carbons (Fsp3) is 0.333. The minimum atomic E-state index is -0.712. The number of halogens is 2. The summed E-state index contributed by atoms with van der Waals surface area (Å²) in [5, 5.41) is 5.47. The van der Waals surface area contributed by atoms with Crippen LogP contribution in [0.4, 0.5) is 14.5 Å². The van der Waals surface area contributed by atoms with Gasteiger partial charge in [0.05, 0.1) is 19.7 Å². The van der Waals surface area contributed by atoms with Gasteiger partial charge in [-0.15, -0.1) is 0 Å². The zero-order chi connectivity index (χ0) is 21.4. The Morgan fingerprint density at radius 1 is 1.07 bits per heavy atom. The normalized spacial score (nSPS) is 12.7. The average molecular weight is 406 g/mol. The summed E-state index contributed by atoms with van der Waals surface area (Å²) < 4.78 is 32.0. The Balaban J connectivity index is 1.87. The number of nitrogens with one attached hydrogen (secondary N) is 3. The van der Waals surface area contributed by atoms with Gasteiger partial charge in [0.1, 0.15) is 17.4 Å². The Hall–Kier alpha value is -3.00. The number of rotatable bonds is 9. The lowest BCUT2D eigenvalue weighted by atomic mass is 10.1. The highest BCUT2D eigenvalue weighted by atomic mass is 19.1. The molecule has 0 bridgehead atoms. The smallest absolute Gasteiger partial charge is 0.279 e. The van der Waals surface area contributed by atoms with Crippen molar-refractivity contribution in [3.63, 3.8) is 0 Å². The molecule has 0 saturated carbocycles. The van der Waals surface area contributed by atoms with E-state index >= 15 is 0 Å². The van der Waals surface area contributed by atoms with E-state index in [1.165, 1.54) is 6.07 Å². The molecule has 3 N–H and O–H groups in total. The molecule has 0 aliphatic heterocycles. The number of anilines is 1. The minimum absolute atomic E-state index is 0.0552. The number of methoxy groups -OCH3 is 1. The number of hydrogen-bond acceptors (Lipinski definition) is 3. The van der Waals surface area contributed by atoms with Crippen LogP contribution in [0.3, 0.4) is 0 Å². The maximum Gasteiger partial charge on any atom is 0.279 e. The maximum absolute atomic E-state index is 13.8. The molecule has 0 fully saturated rings. The first-order valence-corrected chi connectivity index (χ1v) is 9.34. The van der Waals surface area contributed by atoms with Crippen molar-refractivity contribution in [2.75, 3.05) is 32.1 Å². The molecule has 0 heterocycles. The molecule has 0 aliphatic rings. The summed E-state index contributed by atoms with van der Waals surface area (Å²) in [6.45, 7) is 4.21. The number of carbonyl (C=O) groups excluding carboxylic acids is 2. The molecular weight excluding hydrogens is 380 g/mol. The molecular formula is C21H26F2N3O3+. The number of quaternary nitrogens is 1. The molecule has 2 aromatic rings. The van der Waals surface area contributed by atoms with Crippen LogP contribution in [0.5, 0.6) is 5.75 Å². The molecule has 8 heteroatoms. The van der Waals surface area contributed by atoms with E-state index in [2.05, 4.69) is 10.6 Å². The largest absolute Gasteiger partial charge is 0.497 e. The van der Waals surface area contributed by atoms with Gasteiger partial charge in [0.25, 0.3) is 11.8 Å². The zero-order valence-electron chi connectivity index (χ0n) is 16.7. The third kappa shape index (κ3) is 6.83. The van der Waals surface area contributed by atoms with E-state index in [-0.39, 0.29) is 30.5 Å². The number of likely N-dealkylation sites (N-methyl/N-ethyl adjacent to an activating group) is 1. The van der Waals surface area contributed by atoms with Crippen LogP contribution in [0.2, 0.25) is 0 Å². The van der Waals surface area contributed by atoms with E-state index in [1.54, 1.807) is 38.3 Å². The summed E-state index contributed by atoms with van der Waals surface area (Å²) in [5.74, 6) is -1.24. The summed E-state index contributed by atoms with van der Waals surface area (Å²) in [7, 11) is 1.56. The highest BCUT2D eigenvalue weighted by molar-refractivity contribution is 5.91. The van der Waals surface area contributed by atoms with E-state index in [0.717, 1.165) is 17.0 Å². The van der Waals surface area contributed by atoms with Gasteiger partial charge in [-0.05, 0) is 44.2 Å². The number of hydrogen-bond donors (Lipinski definition) is 3. The van der Waals surface area contributed by atoms with Gasteiger partial charge in [0.15, 0.2) is 13.1 Å².